The van der Waals surface area contributed by atoms with Crippen LogP contribution in [-0.2, 0) is 4.79 Å². The number of nitrogens with zero attached hydrogens (tertiary/aromatic N) is 1. The molecule has 4 nitrogen and oxygen atoms in total. The molecule has 0 saturated carbocycles. The van der Waals surface area contributed by atoms with Gasteiger partial charge in [0.15, 0.2) is 0 Å². The minimum Gasteiger partial charge on any atom is -0.496 e. The van der Waals surface area contributed by atoms with Crippen molar-refractivity contribution in [2.75, 3.05) is 21.2 Å². The number of ether oxygens (including phenoxy) is 1. The predicted molar refractivity (Wildman–Crippen MR) is 105 cm³/mol. The Balaban J connectivity index is 2.23. The number of fused-ring (bicyclic) bond motifs is 1. The van der Waals surface area contributed by atoms with E-state index in [1.54, 1.807) is 45.7 Å². The number of methoxy groups -OCH3 is 1. The maximum atomic E-state index is 13.3. The number of carbonyl (C=O) groups excluding carboxylic acids is 1. The first-order valence-electron chi connectivity index (χ1n) is 8.58. The van der Waals surface area contributed by atoms with Crippen LogP contribution in [0.2, 0.25) is 0 Å². The summed E-state index contributed by atoms with van der Waals surface area (Å²) in [5.41, 5.74) is 4.90. The highest BCUT2D eigenvalue weighted by atomic mass is 19.1. The van der Waals surface area contributed by atoms with Crippen LogP contribution in [0.1, 0.15) is 18.1 Å². The summed E-state index contributed by atoms with van der Waals surface area (Å²) in [4.78, 5) is 13.6. The van der Waals surface area contributed by atoms with Crippen LogP contribution >= 0.6 is 0 Å². The standard InChI is InChI=1S/C22H22FNO3/c1-13(10-20(25)24(3)4)17-11-18-19(15-6-8-16(23)9-7-15)12-27-22(18)14(2)21(17)26-5/h6-12H,1-5H3/b13-10+. The van der Waals surface area contributed by atoms with Crippen molar-refractivity contribution < 1.29 is 18.3 Å². The van der Waals surface area contributed by atoms with Gasteiger partial charge < -0.3 is 14.1 Å². The Kier molecular flexibility index (Phi) is 5.04. The molecule has 1 aromatic heterocycles. The maximum absolute atomic E-state index is 13.3. The fourth-order valence-electron chi connectivity index (χ4n) is 3.12. The monoisotopic (exact) mass is 367 g/mol. The molecule has 0 unspecified atom stereocenters. The minimum absolute atomic E-state index is 0.0988. The second-order valence-corrected chi connectivity index (χ2v) is 6.68. The molecule has 0 bridgehead atoms. The van der Waals surface area contributed by atoms with Crippen LogP contribution in [-0.4, -0.2) is 32.0 Å². The molecular weight excluding hydrogens is 345 g/mol. The van der Waals surface area contributed by atoms with Crippen LogP contribution in [0.5, 0.6) is 5.75 Å². The summed E-state index contributed by atoms with van der Waals surface area (Å²) in [7, 11) is 5.02. The predicted octanol–water partition coefficient (Wildman–Crippen LogP) is 5.05. The van der Waals surface area contributed by atoms with Crippen molar-refractivity contribution in [1.82, 2.24) is 4.90 Å². The molecule has 0 aliphatic carbocycles. The Labute approximate surface area is 157 Å². The lowest BCUT2D eigenvalue weighted by atomic mass is 9.96. The zero-order chi connectivity index (χ0) is 19.7. The number of likely N-dealkylation sites (N-methyl/N-ethyl adjacent to an activating group) is 1. The molecule has 1 heterocycles. The SMILES string of the molecule is COc1c(/C(C)=C/C(=O)N(C)C)cc2c(-c3ccc(F)cc3)coc2c1C. The Hall–Kier alpha value is -3.08. The average Bonchev–Trinajstić information content (AvgIpc) is 3.06. The third-order valence-electron chi connectivity index (χ3n) is 4.61. The van der Waals surface area contributed by atoms with Crippen LogP contribution in [0, 0.1) is 12.7 Å². The molecule has 0 fully saturated rings. The van der Waals surface area contributed by atoms with E-state index < -0.39 is 0 Å². The number of benzene rings is 2. The summed E-state index contributed by atoms with van der Waals surface area (Å²) >= 11 is 0. The molecule has 27 heavy (non-hydrogen) atoms. The Bertz CT molecular complexity index is 1030. The first-order valence-corrected chi connectivity index (χ1v) is 8.58. The molecule has 1 amide bonds. The van der Waals surface area contributed by atoms with Crippen LogP contribution < -0.4 is 4.74 Å². The number of aryl methyl sites for hydroxylation is 1. The quantitative estimate of drug-likeness (QED) is 0.606. The lowest BCUT2D eigenvalue weighted by molar-refractivity contribution is -0.123. The van der Waals surface area contributed by atoms with Gasteiger partial charge in [0.05, 0.1) is 13.4 Å². The van der Waals surface area contributed by atoms with Crippen molar-refractivity contribution in [2.24, 2.45) is 0 Å². The molecule has 0 spiro atoms. The number of halogens is 1. The second-order valence-electron chi connectivity index (χ2n) is 6.68. The molecule has 3 aromatic rings. The van der Waals surface area contributed by atoms with Crippen molar-refractivity contribution in [3.63, 3.8) is 0 Å². The van der Waals surface area contributed by atoms with Gasteiger partial charge in [0, 0.05) is 42.2 Å². The van der Waals surface area contributed by atoms with E-state index in [1.807, 2.05) is 19.9 Å². The topological polar surface area (TPSA) is 42.7 Å². The molecule has 2 aromatic carbocycles. The summed E-state index contributed by atoms with van der Waals surface area (Å²) in [6.07, 6.45) is 3.25. The smallest absolute Gasteiger partial charge is 0.246 e. The molecule has 0 saturated heterocycles. The zero-order valence-corrected chi connectivity index (χ0v) is 16.1. The van der Waals surface area contributed by atoms with E-state index in [9.17, 15) is 9.18 Å². The van der Waals surface area contributed by atoms with E-state index in [2.05, 4.69) is 0 Å². The summed E-state index contributed by atoms with van der Waals surface area (Å²) < 4.78 is 24.7. The summed E-state index contributed by atoms with van der Waals surface area (Å²) in [6, 6.07) is 8.24. The molecule has 0 radical (unpaired) electrons. The first-order chi connectivity index (χ1) is 12.8. The number of rotatable bonds is 4. The summed E-state index contributed by atoms with van der Waals surface area (Å²) in [6.45, 7) is 3.80. The van der Waals surface area contributed by atoms with Crippen molar-refractivity contribution in [1.29, 1.82) is 0 Å². The van der Waals surface area contributed by atoms with Gasteiger partial charge in [-0.05, 0) is 43.2 Å². The van der Waals surface area contributed by atoms with E-state index in [4.69, 9.17) is 9.15 Å². The lowest BCUT2D eigenvalue weighted by Gasteiger charge is -2.14. The number of allylic oxidation sites excluding steroid dienone is 1. The number of carbonyl (C=O) groups is 1. The third-order valence-corrected chi connectivity index (χ3v) is 4.61. The van der Waals surface area contributed by atoms with E-state index >= 15 is 0 Å². The molecule has 0 aliphatic heterocycles. The van der Waals surface area contributed by atoms with E-state index in [0.717, 1.165) is 33.2 Å². The van der Waals surface area contributed by atoms with Crippen molar-refractivity contribution in [3.05, 3.63) is 59.6 Å². The van der Waals surface area contributed by atoms with Gasteiger partial charge in [-0.25, -0.2) is 4.39 Å². The molecule has 0 N–H and O–H groups in total. The van der Waals surface area contributed by atoms with Gasteiger partial charge in [0.2, 0.25) is 5.91 Å². The maximum Gasteiger partial charge on any atom is 0.246 e. The molecule has 140 valence electrons. The van der Waals surface area contributed by atoms with Gasteiger partial charge in [-0.3, -0.25) is 4.79 Å². The highest BCUT2D eigenvalue weighted by Gasteiger charge is 2.19. The van der Waals surface area contributed by atoms with Gasteiger partial charge in [-0.1, -0.05) is 12.1 Å². The molecule has 0 atom stereocenters. The van der Waals surface area contributed by atoms with Gasteiger partial charge in [-0.15, -0.1) is 0 Å². The summed E-state index contributed by atoms with van der Waals surface area (Å²) in [5.74, 6) is 0.284. The normalized spacial score (nSPS) is 11.7. The molecule has 3 rings (SSSR count). The number of amides is 1. The summed E-state index contributed by atoms with van der Waals surface area (Å²) in [5, 5.41) is 0.889. The number of furan rings is 1. The lowest BCUT2D eigenvalue weighted by Crippen LogP contribution is -2.19. The number of hydrogen-bond acceptors (Lipinski definition) is 3. The van der Waals surface area contributed by atoms with E-state index in [0.29, 0.717) is 11.3 Å². The van der Waals surface area contributed by atoms with Gasteiger partial charge in [0.1, 0.15) is 17.1 Å². The first kappa shape index (κ1) is 18.7. The highest BCUT2D eigenvalue weighted by Crippen LogP contribution is 2.40. The van der Waals surface area contributed by atoms with Gasteiger partial charge in [-0.2, -0.15) is 0 Å². The van der Waals surface area contributed by atoms with E-state index in [-0.39, 0.29) is 11.7 Å². The Morgan fingerprint density at radius 3 is 2.48 bits per heavy atom. The van der Waals surface area contributed by atoms with Crippen LogP contribution in [0.15, 0.2) is 47.1 Å². The fraction of sp³-hybridized carbons (Fsp3) is 0.227. The van der Waals surface area contributed by atoms with Crippen LogP contribution in [0.3, 0.4) is 0 Å². The molecule has 5 heteroatoms. The second kappa shape index (κ2) is 7.27. The van der Waals surface area contributed by atoms with Gasteiger partial charge in [0.25, 0.3) is 0 Å². The van der Waals surface area contributed by atoms with Crippen molar-refractivity contribution >= 4 is 22.4 Å². The fourth-order valence-corrected chi connectivity index (χ4v) is 3.12. The Morgan fingerprint density at radius 1 is 1.22 bits per heavy atom. The third kappa shape index (κ3) is 3.45. The largest absolute Gasteiger partial charge is 0.496 e. The van der Waals surface area contributed by atoms with E-state index in [1.165, 1.54) is 17.0 Å². The molecule has 0 aliphatic rings. The van der Waals surface area contributed by atoms with Crippen LogP contribution in [0.25, 0.3) is 27.7 Å². The minimum atomic E-state index is -0.286. The molecular formula is C22H22FNO3. The van der Waals surface area contributed by atoms with Crippen molar-refractivity contribution in [3.8, 4) is 16.9 Å². The van der Waals surface area contributed by atoms with Crippen LogP contribution in [0.4, 0.5) is 4.39 Å². The zero-order valence-electron chi connectivity index (χ0n) is 16.1. The number of hydrogen-bond donors (Lipinski definition) is 0. The highest BCUT2D eigenvalue weighted by molar-refractivity contribution is 6.01. The van der Waals surface area contributed by atoms with Gasteiger partial charge >= 0.3 is 0 Å². The van der Waals surface area contributed by atoms with Crippen molar-refractivity contribution in [2.45, 2.75) is 13.8 Å². The Morgan fingerprint density at radius 2 is 1.89 bits per heavy atom. The average molecular weight is 367 g/mol.